The molecule has 0 bridgehead atoms. The smallest absolute Gasteiger partial charge is 0.149 e. The summed E-state index contributed by atoms with van der Waals surface area (Å²) < 4.78 is 17.4. The fourth-order valence-electron chi connectivity index (χ4n) is 2.39. The second kappa shape index (κ2) is 13.0. The highest BCUT2D eigenvalue weighted by molar-refractivity contribution is 5.41. The molecule has 0 amide bonds. The Morgan fingerprint density at radius 2 is 1.31 bits per heavy atom. The predicted molar refractivity (Wildman–Crippen MR) is 104 cm³/mol. The molecular formula is C21H36O5. The van der Waals surface area contributed by atoms with Gasteiger partial charge in [-0.3, -0.25) is 5.26 Å². The Kier molecular flexibility index (Phi) is 11.3. The highest BCUT2D eigenvalue weighted by Crippen LogP contribution is 2.32. The van der Waals surface area contributed by atoms with Gasteiger partial charge in [-0.2, -0.15) is 0 Å². The lowest BCUT2D eigenvalue weighted by Gasteiger charge is -2.27. The van der Waals surface area contributed by atoms with Crippen LogP contribution in [-0.2, 0) is 15.2 Å². The van der Waals surface area contributed by atoms with Crippen molar-refractivity contribution in [3.8, 4) is 11.5 Å². The van der Waals surface area contributed by atoms with Gasteiger partial charge in [0.2, 0.25) is 0 Å². The van der Waals surface area contributed by atoms with Crippen LogP contribution < -0.4 is 9.47 Å². The quantitative estimate of drug-likeness (QED) is 0.249. The minimum atomic E-state index is -0.971. The molecule has 150 valence electrons. The van der Waals surface area contributed by atoms with Gasteiger partial charge in [-0.05, 0) is 43.9 Å². The van der Waals surface area contributed by atoms with Gasteiger partial charge in [0, 0.05) is 12.7 Å². The standard InChI is InChI=1S/C21H36O5/c1-5-8-11-23-17-21(4,26-22)18-14-19(24-12-9-6-2)16-20(15-18)25-13-10-7-3/h14-16,22H,5-13,17H2,1-4H3. The molecule has 0 fully saturated rings. The van der Waals surface area contributed by atoms with Gasteiger partial charge in [0.05, 0.1) is 19.8 Å². The average Bonchev–Trinajstić information content (AvgIpc) is 2.65. The molecule has 0 saturated carbocycles. The maximum Gasteiger partial charge on any atom is 0.149 e. The Labute approximate surface area is 158 Å². The highest BCUT2D eigenvalue weighted by atomic mass is 17.1. The van der Waals surface area contributed by atoms with Crippen molar-refractivity contribution in [1.82, 2.24) is 0 Å². The predicted octanol–water partition coefficient (Wildman–Crippen LogP) is 5.57. The van der Waals surface area contributed by atoms with E-state index in [-0.39, 0.29) is 6.61 Å². The molecule has 0 aliphatic rings. The van der Waals surface area contributed by atoms with Crippen molar-refractivity contribution >= 4 is 0 Å². The van der Waals surface area contributed by atoms with E-state index >= 15 is 0 Å². The van der Waals surface area contributed by atoms with Crippen LogP contribution in [0.1, 0.15) is 71.8 Å². The third-order valence-electron chi connectivity index (χ3n) is 4.25. The van der Waals surface area contributed by atoms with E-state index < -0.39 is 5.60 Å². The van der Waals surface area contributed by atoms with Crippen LogP contribution in [0.5, 0.6) is 11.5 Å². The molecule has 0 saturated heterocycles. The van der Waals surface area contributed by atoms with Gasteiger partial charge in [0.15, 0.2) is 0 Å². The third kappa shape index (κ3) is 7.94. The molecule has 0 heterocycles. The summed E-state index contributed by atoms with van der Waals surface area (Å²) in [6, 6.07) is 5.67. The van der Waals surface area contributed by atoms with Crippen molar-refractivity contribution in [3.63, 3.8) is 0 Å². The first-order valence-corrected chi connectivity index (χ1v) is 9.91. The summed E-state index contributed by atoms with van der Waals surface area (Å²) in [5.41, 5.74) is -0.196. The average molecular weight is 369 g/mol. The summed E-state index contributed by atoms with van der Waals surface area (Å²) in [6.45, 7) is 10.4. The first-order chi connectivity index (χ1) is 12.6. The number of rotatable bonds is 15. The Morgan fingerprint density at radius 1 is 0.808 bits per heavy atom. The van der Waals surface area contributed by atoms with E-state index in [0.29, 0.717) is 19.8 Å². The van der Waals surface area contributed by atoms with Crippen LogP contribution in [0.25, 0.3) is 0 Å². The minimum Gasteiger partial charge on any atom is -0.493 e. The summed E-state index contributed by atoms with van der Waals surface area (Å²) >= 11 is 0. The van der Waals surface area contributed by atoms with E-state index in [1.807, 2.05) is 18.2 Å². The van der Waals surface area contributed by atoms with Crippen LogP contribution in [0.2, 0.25) is 0 Å². The summed E-state index contributed by atoms with van der Waals surface area (Å²) in [4.78, 5) is 4.83. The molecule has 0 aliphatic heterocycles. The van der Waals surface area contributed by atoms with Gasteiger partial charge < -0.3 is 14.2 Å². The molecule has 1 aromatic carbocycles. The number of benzene rings is 1. The summed E-state index contributed by atoms with van der Waals surface area (Å²) in [7, 11) is 0. The summed E-state index contributed by atoms with van der Waals surface area (Å²) in [6.07, 6.45) is 6.17. The first-order valence-electron chi connectivity index (χ1n) is 9.91. The van der Waals surface area contributed by atoms with Gasteiger partial charge >= 0.3 is 0 Å². The largest absolute Gasteiger partial charge is 0.493 e. The Bertz CT molecular complexity index is 463. The molecule has 0 spiro atoms. The van der Waals surface area contributed by atoms with Crippen molar-refractivity contribution in [2.75, 3.05) is 26.4 Å². The van der Waals surface area contributed by atoms with Crippen molar-refractivity contribution in [3.05, 3.63) is 23.8 Å². The fraction of sp³-hybridized carbons (Fsp3) is 0.714. The van der Waals surface area contributed by atoms with Gasteiger partial charge in [0.25, 0.3) is 0 Å². The van der Waals surface area contributed by atoms with E-state index in [9.17, 15) is 5.26 Å². The van der Waals surface area contributed by atoms with Crippen LogP contribution >= 0.6 is 0 Å². The molecule has 1 unspecified atom stereocenters. The van der Waals surface area contributed by atoms with Gasteiger partial charge in [0.1, 0.15) is 17.1 Å². The van der Waals surface area contributed by atoms with Crippen LogP contribution in [0, 0.1) is 0 Å². The minimum absolute atomic E-state index is 0.260. The van der Waals surface area contributed by atoms with Crippen molar-refractivity contribution in [1.29, 1.82) is 0 Å². The molecule has 5 nitrogen and oxygen atoms in total. The lowest BCUT2D eigenvalue weighted by Crippen LogP contribution is -2.31. The zero-order valence-corrected chi connectivity index (χ0v) is 16.9. The second-order valence-electron chi connectivity index (χ2n) is 6.83. The van der Waals surface area contributed by atoms with Crippen LogP contribution in [0.4, 0.5) is 0 Å². The molecule has 0 radical (unpaired) electrons. The molecule has 1 rings (SSSR count). The molecule has 5 heteroatoms. The van der Waals surface area contributed by atoms with Crippen LogP contribution in [-0.4, -0.2) is 31.7 Å². The molecule has 1 N–H and O–H groups in total. The Balaban J connectivity index is 2.95. The normalized spacial score (nSPS) is 13.4. The zero-order valence-electron chi connectivity index (χ0n) is 16.9. The van der Waals surface area contributed by atoms with Crippen molar-refractivity contribution in [2.24, 2.45) is 0 Å². The second-order valence-corrected chi connectivity index (χ2v) is 6.83. The monoisotopic (exact) mass is 368 g/mol. The lowest BCUT2D eigenvalue weighted by atomic mass is 9.96. The van der Waals surface area contributed by atoms with Gasteiger partial charge in [-0.15, -0.1) is 0 Å². The first kappa shape index (κ1) is 22.7. The van der Waals surface area contributed by atoms with Crippen molar-refractivity contribution < 1.29 is 24.4 Å². The third-order valence-corrected chi connectivity index (χ3v) is 4.25. The van der Waals surface area contributed by atoms with E-state index in [1.165, 1.54) is 0 Å². The maximum atomic E-state index is 9.54. The summed E-state index contributed by atoms with van der Waals surface area (Å²) in [5, 5.41) is 9.54. The van der Waals surface area contributed by atoms with Gasteiger partial charge in [-0.1, -0.05) is 40.0 Å². The zero-order chi connectivity index (χ0) is 19.3. The molecule has 1 aromatic rings. The Hall–Kier alpha value is -1.30. The van der Waals surface area contributed by atoms with Crippen LogP contribution in [0.15, 0.2) is 18.2 Å². The molecule has 26 heavy (non-hydrogen) atoms. The van der Waals surface area contributed by atoms with E-state index in [1.54, 1.807) is 6.92 Å². The van der Waals surface area contributed by atoms with Gasteiger partial charge in [-0.25, -0.2) is 4.89 Å². The fourth-order valence-corrected chi connectivity index (χ4v) is 2.39. The SMILES string of the molecule is CCCCOCC(C)(OO)c1cc(OCCCC)cc(OCCCC)c1. The summed E-state index contributed by atoms with van der Waals surface area (Å²) in [5.74, 6) is 1.44. The number of hydrogen-bond acceptors (Lipinski definition) is 5. The maximum absolute atomic E-state index is 9.54. The number of hydrogen-bond donors (Lipinski definition) is 1. The number of unbranched alkanes of at least 4 members (excludes halogenated alkanes) is 3. The molecule has 1 atom stereocenters. The van der Waals surface area contributed by atoms with E-state index in [0.717, 1.165) is 55.6 Å². The topological polar surface area (TPSA) is 57.2 Å². The molecular weight excluding hydrogens is 332 g/mol. The molecule has 0 aromatic heterocycles. The highest BCUT2D eigenvalue weighted by Gasteiger charge is 2.30. The molecule has 0 aliphatic carbocycles. The number of ether oxygens (including phenoxy) is 3. The van der Waals surface area contributed by atoms with Crippen LogP contribution in [0.3, 0.4) is 0 Å². The van der Waals surface area contributed by atoms with E-state index in [4.69, 9.17) is 19.1 Å². The van der Waals surface area contributed by atoms with E-state index in [2.05, 4.69) is 20.8 Å². The Morgan fingerprint density at radius 3 is 1.77 bits per heavy atom. The lowest BCUT2D eigenvalue weighted by molar-refractivity contribution is -0.334. The van der Waals surface area contributed by atoms with Crippen molar-refractivity contribution in [2.45, 2.75) is 71.8 Å².